The molecule has 10 heteroatoms. The van der Waals surface area contributed by atoms with Crippen molar-refractivity contribution in [2.24, 2.45) is 0 Å². The van der Waals surface area contributed by atoms with Crippen molar-refractivity contribution < 1.29 is 13.3 Å². The first-order valence-electron chi connectivity index (χ1n) is 5.64. The monoisotopic (exact) mass is 347 g/mol. The van der Waals surface area contributed by atoms with Crippen LogP contribution in [0.5, 0.6) is 0 Å². The first kappa shape index (κ1) is 15.8. The highest BCUT2D eigenvalue weighted by Gasteiger charge is 2.21. The van der Waals surface area contributed by atoms with Gasteiger partial charge in [0, 0.05) is 23.2 Å². The summed E-state index contributed by atoms with van der Waals surface area (Å²) < 4.78 is 26.7. The summed E-state index contributed by atoms with van der Waals surface area (Å²) in [5.74, 6) is 0. The quantitative estimate of drug-likeness (QED) is 0.661. The number of nitrogens with zero attached hydrogens (tertiary/aromatic N) is 2. The molecule has 2 rings (SSSR count). The Bertz CT molecular complexity index is 789. The van der Waals surface area contributed by atoms with Gasteiger partial charge in [-0.25, -0.2) is 18.1 Å². The average molecular weight is 348 g/mol. The molecule has 0 amide bonds. The molecule has 1 heterocycles. The van der Waals surface area contributed by atoms with E-state index in [4.69, 9.17) is 11.6 Å². The van der Waals surface area contributed by atoms with E-state index in [0.29, 0.717) is 5.01 Å². The Labute approximate surface area is 129 Å². The van der Waals surface area contributed by atoms with Crippen molar-refractivity contribution >= 4 is 38.6 Å². The molecule has 0 fully saturated rings. The van der Waals surface area contributed by atoms with Gasteiger partial charge in [-0.2, -0.15) is 0 Å². The van der Waals surface area contributed by atoms with E-state index in [2.05, 4.69) is 9.71 Å². The number of hydrogen-bond donors (Lipinski definition) is 1. The number of benzene rings is 1. The summed E-state index contributed by atoms with van der Waals surface area (Å²) in [6.07, 6.45) is 1.63. The Hall–Kier alpha value is -1.55. The summed E-state index contributed by atoms with van der Waals surface area (Å²) in [6.45, 7) is 1.85. The summed E-state index contributed by atoms with van der Waals surface area (Å²) >= 11 is 7.17. The third-order valence-corrected chi connectivity index (χ3v) is 5.29. The molecule has 1 aromatic heterocycles. The molecule has 0 atom stereocenters. The summed E-state index contributed by atoms with van der Waals surface area (Å²) in [5, 5.41) is 11.2. The van der Waals surface area contributed by atoms with Crippen molar-refractivity contribution in [3.8, 4) is 0 Å². The fourth-order valence-corrected chi connectivity index (χ4v) is 3.85. The maximum absolute atomic E-state index is 12.2. The number of aryl methyl sites for hydroxylation is 1. The smallest absolute Gasteiger partial charge is 0.258 e. The summed E-state index contributed by atoms with van der Waals surface area (Å²) in [4.78, 5) is 14.7. The predicted molar refractivity (Wildman–Crippen MR) is 79.0 cm³/mol. The average Bonchev–Trinajstić information content (AvgIpc) is 2.82. The lowest BCUT2D eigenvalue weighted by molar-refractivity contribution is -0.385. The van der Waals surface area contributed by atoms with Crippen molar-refractivity contribution in [3.63, 3.8) is 0 Å². The lowest BCUT2D eigenvalue weighted by atomic mass is 10.3. The molecule has 1 N–H and O–H groups in total. The molecule has 0 radical (unpaired) electrons. The number of non-ortho nitro benzene ring substituents is 1. The second-order valence-electron chi connectivity index (χ2n) is 4.06. The van der Waals surface area contributed by atoms with E-state index < -0.39 is 14.9 Å². The highest BCUT2D eigenvalue weighted by molar-refractivity contribution is 7.89. The van der Waals surface area contributed by atoms with Gasteiger partial charge in [-0.1, -0.05) is 11.6 Å². The van der Waals surface area contributed by atoms with E-state index in [9.17, 15) is 18.5 Å². The molecular weight excluding hydrogens is 338 g/mol. The molecule has 0 saturated carbocycles. The van der Waals surface area contributed by atoms with Gasteiger partial charge in [0.05, 0.1) is 16.5 Å². The lowest BCUT2D eigenvalue weighted by Crippen LogP contribution is -2.23. The Morgan fingerprint density at radius 3 is 2.76 bits per heavy atom. The van der Waals surface area contributed by atoms with Crippen LogP contribution >= 0.6 is 22.9 Å². The zero-order valence-corrected chi connectivity index (χ0v) is 13.1. The topological polar surface area (TPSA) is 102 Å². The maximum atomic E-state index is 12.2. The van der Waals surface area contributed by atoms with Crippen LogP contribution in [0.3, 0.4) is 0 Å². The van der Waals surface area contributed by atoms with Crippen molar-refractivity contribution in [1.29, 1.82) is 0 Å². The van der Waals surface area contributed by atoms with Crippen LogP contribution in [0, 0.1) is 17.0 Å². The largest absolute Gasteiger partial charge is 0.270 e. The Balaban J connectivity index is 2.26. The Morgan fingerprint density at radius 1 is 1.48 bits per heavy atom. The maximum Gasteiger partial charge on any atom is 0.270 e. The number of rotatable bonds is 5. The number of nitro groups is 1. The lowest BCUT2D eigenvalue weighted by Gasteiger charge is -2.07. The first-order chi connectivity index (χ1) is 9.79. The van der Waals surface area contributed by atoms with Gasteiger partial charge in [-0.05, 0) is 13.0 Å². The highest BCUT2D eigenvalue weighted by atomic mass is 35.5. The fraction of sp³-hybridized carbons (Fsp3) is 0.182. The van der Waals surface area contributed by atoms with Crippen LogP contribution in [0.15, 0.2) is 29.3 Å². The van der Waals surface area contributed by atoms with E-state index in [1.165, 1.54) is 17.4 Å². The van der Waals surface area contributed by atoms with Crippen molar-refractivity contribution in [2.45, 2.75) is 18.4 Å². The van der Waals surface area contributed by atoms with E-state index >= 15 is 0 Å². The van der Waals surface area contributed by atoms with Gasteiger partial charge in [0.25, 0.3) is 5.69 Å². The molecule has 0 aliphatic heterocycles. The molecule has 0 unspecified atom stereocenters. The van der Waals surface area contributed by atoms with Crippen LogP contribution in [0.25, 0.3) is 0 Å². The number of thiazole rings is 1. The number of nitro benzene ring substituents is 1. The van der Waals surface area contributed by atoms with E-state index in [0.717, 1.165) is 17.0 Å². The van der Waals surface area contributed by atoms with Crippen LogP contribution in [0.2, 0.25) is 5.02 Å². The molecular formula is C11H10ClN3O4S2. The Kier molecular flexibility index (Phi) is 4.57. The van der Waals surface area contributed by atoms with E-state index in [-0.39, 0.29) is 22.2 Å². The molecule has 1 aromatic carbocycles. The predicted octanol–water partition coefficient (Wildman–Crippen LogP) is 2.49. The van der Waals surface area contributed by atoms with Crippen LogP contribution in [-0.2, 0) is 16.6 Å². The van der Waals surface area contributed by atoms with Gasteiger partial charge >= 0.3 is 0 Å². The second kappa shape index (κ2) is 6.06. The minimum atomic E-state index is -3.96. The molecule has 0 aliphatic carbocycles. The zero-order chi connectivity index (χ0) is 15.6. The number of hydrogen-bond acceptors (Lipinski definition) is 6. The highest BCUT2D eigenvalue weighted by Crippen LogP contribution is 2.26. The van der Waals surface area contributed by atoms with Gasteiger partial charge < -0.3 is 0 Å². The van der Waals surface area contributed by atoms with Gasteiger partial charge in [0.15, 0.2) is 0 Å². The number of halogens is 1. The molecule has 0 bridgehead atoms. The molecule has 0 aliphatic rings. The minimum absolute atomic E-state index is 0.000138. The molecule has 0 saturated heterocycles. The van der Waals surface area contributed by atoms with Crippen LogP contribution in [0.4, 0.5) is 5.69 Å². The molecule has 2 aromatic rings. The van der Waals surface area contributed by atoms with Crippen molar-refractivity contribution in [1.82, 2.24) is 9.71 Å². The fourth-order valence-electron chi connectivity index (χ4n) is 1.53. The molecule has 21 heavy (non-hydrogen) atoms. The standard InChI is InChI=1S/C11H10ClN3O4S2/c1-7-5-13-11(20-7)6-14-21(18,19)10-4-8(15(16)17)2-3-9(10)12/h2-5,14H,6H2,1H3. The molecule has 0 spiro atoms. The number of aromatic nitrogens is 1. The van der Waals surface area contributed by atoms with Gasteiger partial charge in [0.1, 0.15) is 9.90 Å². The van der Waals surface area contributed by atoms with Gasteiger partial charge in [0.2, 0.25) is 10.0 Å². The summed E-state index contributed by atoms with van der Waals surface area (Å²) in [7, 11) is -3.96. The summed E-state index contributed by atoms with van der Waals surface area (Å²) in [6, 6.07) is 3.26. The molecule has 112 valence electrons. The van der Waals surface area contributed by atoms with Crippen LogP contribution < -0.4 is 4.72 Å². The van der Waals surface area contributed by atoms with E-state index in [1.54, 1.807) is 6.20 Å². The third-order valence-electron chi connectivity index (χ3n) is 2.50. The van der Waals surface area contributed by atoms with Gasteiger partial charge in [-0.3, -0.25) is 10.1 Å². The molecule has 7 nitrogen and oxygen atoms in total. The van der Waals surface area contributed by atoms with Gasteiger partial charge in [-0.15, -0.1) is 11.3 Å². The van der Waals surface area contributed by atoms with E-state index in [1.807, 2.05) is 6.92 Å². The van der Waals surface area contributed by atoms with Crippen molar-refractivity contribution in [3.05, 3.63) is 49.4 Å². The minimum Gasteiger partial charge on any atom is -0.258 e. The van der Waals surface area contributed by atoms with Crippen LogP contribution in [-0.4, -0.2) is 18.3 Å². The summed E-state index contributed by atoms with van der Waals surface area (Å²) in [5.41, 5.74) is -0.343. The normalized spacial score (nSPS) is 11.5. The van der Waals surface area contributed by atoms with Crippen molar-refractivity contribution in [2.75, 3.05) is 0 Å². The number of sulfonamides is 1. The third kappa shape index (κ3) is 3.76. The zero-order valence-electron chi connectivity index (χ0n) is 10.7. The first-order valence-corrected chi connectivity index (χ1v) is 8.32. The second-order valence-corrected chi connectivity index (χ2v) is 7.52. The van der Waals surface area contributed by atoms with Crippen LogP contribution in [0.1, 0.15) is 9.88 Å². The number of nitrogens with one attached hydrogen (secondary N) is 1. The Morgan fingerprint density at radius 2 is 2.19 bits per heavy atom. The SMILES string of the molecule is Cc1cnc(CNS(=O)(=O)c2cc([N+](=O)[O-])ccc2Cl)s1.